The van der Waals surface area contributed by atoms with Crippen molar-refractivity contribution in [1.29, 1.82) is 0 Å². The van der Waals surface area contributed by atoms with Crippen molar-refractivity contribution in [2.75, 3.05) is 7.11 Å². The van der Waals surface area contributed by atoms with Gasteiger partial charge in [0.1, 0.15) is 5.75 Å². The summed E-state index contributed by atoms with van der Waals surface area (Å²) in [6, 6.07) is 13.8. The van der Waals surface area contributed by atoms with E-state index in [9.17, 15) is 15.0 Å². The summed E-state index contributed by atoms with van der Waals surface area (Å²) in [6.07, 6.45) is 5.14. The molecule has 0 bridgehead atoms. The molecule has 0 saturated carbocycles. The summed E-state index contributed by atoms with van der Waals surface area (Å²) in [5.74, 6) is 0.861. The van der Waals surface area contributed by atoms with Gasteiger partial charge in [-0.05, 0) is 61.4 Å². The van der Waals surface area contributed by atoms with Crippen LogP contribution in [0.15, 0.2) is 42.5 Å². The highest BCUT2D eigenvalue weighted by molar-refractivity contribution is 6.31. The highest BCUT2D eigenvalue weighted by Gasteiger charge is 2.23. The lowest BCUT2D eigenvalue weighted by Gasteiger charge is -2.13. The van der Waals surface area contributed by atoms with E-state index in [1.54, 1.807) is 7.11 Å². The van der Waals surface area contributed by atoms with Crippen molar-refractivity contribution in [1.82, 2.24) is 4.57 Å². The Morgan fingerprint density at radius 2 is 1.76 bits per heavy atom. The van der Waals surface area contributed by atoms with Crippen molar-refractivity contribution >= 4 is 28.3 Å². The number of fused-ring (bicyclic) bond motifs is 1. The number of carbonyl (C=O) groups excluding carboxylic acids is 1. The minimum atomic E-state index is -1.40. The van der Waals surface area contributed by atoms with Crippen LogP contribution in [0.3, 0.4) is 0 Å². The van der Waals surface area contributed by atoms with E-state index in [1.165, 1.54) is 5.56 Å². The topological polar surface area (TPSA) is 71.7 Å². The number of ketones is 1. The Hall–Kier alpha value is -2.34. The third-order valence-corrected chi connectivity index (χ3v) is 6.75. The molecule has 3 rings (SSSR count). The van der Waals surface area contributed by atoms with Gasteiger partial charge in [-0.2, -0.15) is 0 Å². The number of aliphatic hydroxyl groups excluding tert-OH is 1. The first kappa shape index (κ1) is 26.3. The Labute approximate surface area is 207 Å². The molecule has 34 heavy (non-hydrogen) atoms. The molecule has 0 fully saturated rings. The lowest BCUT2D eigenvalue weighted by molar-refractivity contribution is -0.0543. The summed E-state index contributed by atoms with van der Waals surface area (Å²) < 4.78 is 7.55. The van der Waals surface area contributed by atoms with Gasteiger partial charge in [0.15, 0.2) is 12.1 Å². The van der Waals surface area contributed by atoms with Crippen molar-refractivity contribution in [2.45, 2.75) is 64.6 Å². The van der Waals surface area contributed by atoms with Gasteiger partial charge in [0.25, 0.3) is 0 Å². The second-order valence-electron chi connectivity index (χ2n) is 9.22. The number of hydrogen-bond donors (Lipinski definition) is 2. The first-order valence-corrected chi connectivity index (χ1v) is 12.5. The Kier molecular flexibility index (Phi) is 9.57. The Morgan fingerprint density at radius 1 is 1.06 bits per heavy atom. The predicted octanol–water partition coefficient (Wildman–Crippen LogP) is 6.10. The standard InChI is InChI=1S/C28H36ClNO4/c1-19(17-27(32)33)16-25(31)28-22-18-21(29)14-15-23(22)30(2)24(28)12-7-5-4-6-10-20-11-8-9-13-26(20)34-3/h8-9,11,13-15,18-19,27,32-33H,4-7,10,12,16-17H2,1-3H3/t19-/m0/s1. The molecule has 1 atom stereocenters. The van der Waals surface area contributed by atoms with Crippen LogP contribution in [-0.4, -0.2) is 34.0 Å². The second kappa shape index (κ2) is 12.4. The highest BCUT2D eigenvalue weighted by atomic mass is 35.5. The zero-order chi connectivity index (χ0) is 24.7. The number of rotatable bonds is 13. The molecule has 184 valence electrons. The predicted molar refractivity (Wildman–Crippen MR) is 138 cm³/mol. The van der Waals surface area contributed by atoms with Crippen LogP contribution in [0.2, 0.25) is 5.02 Å². The summed E-state index contributed by atoms with van der Waals surface area (Å²) >= 11 is 6.27. The summed E-state index contributed by atoms with van der Waals surface area (Å²) in [7, 11) is 3.71. The third-order valence-electron chi connectivity index (χ3n) is 6.51. The van der Waals surface area contributed by atoms with E-state index >= 15 is 0 Å². The molecule has 1 aromatic heterocycles. The van der Waals surface area contributed by atoms with Crippen molar-refractivity contribution in [2.24, 2.45) is 13.0 Å². The quantitative estimate of drug-likeness (QED) is 0.174. The maximum absolute atomic E-state index is 13.3. The van der Waals surface area contributed by atoms with E-state index in [-0.39, 0.29) is 24.5 Å². The van der Waals surface area contributed by atoms with Crippen LogP contribution < -0.4 is 4.74 Å². The van der Waals surface area contributed by atoms with E-state index in [2.05, 4.69) is 10.6 Å². The van der Waals surface area contributed by atoms with Gasteiger partial charge < -0.3 is 19.5 Å². The van der Waals surface area contributed by atoms with Crippen LogP contribution >= 0.6 is 11.6 Å². The molecule has 0 aliphatic heterocycles. The number of carbonyl (C=O) groups is 1. The summed E-state index contributed by atoms with van der Waals surface area (Å²) in [4.78, 5) is 13.3. The number of Topliss-reactive ketones (excluding diaryl/α,β-unsaturated/α-hetero) is 1. The fourth-order valence-corrected chi connectivity index (χ4v) is 4.98. The van der Waals surface area contributed by atoms with Crippen LogP contribution in [0.25, 0.3) is 10.9 Å². The number of aromatic nitrogens is 1. The van der Waals surface area contributed by atoms with Crippen molar-refractivity contribution in [3.8, 4) is 5.75 Å². The molecule has 0 radical (unpaired) electrons. The van der Waals surface area contributed by atoms with E-state index in [1.807, 2.05) is 50.4 Å². The van der Waals surface area contributed by atoms with E-state index in [4.69, 9.17) is 16.3 Å². The number of halogens is 1. The number of aliphatic hydroxyl groups is 2. The van der Waals surface area contributed by atoms with Crippen LogP contribution in [0, 0.1) is 5.92 Å². The smallest absolute Gasteiger partial charge is 0.165 e. The molecule has 0 aliphatic rings. The largest absolute Gasteiger partial charge is 0.496 e. The SMILES string of the molecule is COc1ccccc1CCCCCCc1c(C(=O)C[C@H](C)CC(O)O)c2cc(Cl)ccc2n1C. The fraction of sp³-hybridized carbons (Fsp3) is 0.464. The third kappa shape index (κ3) is 6.62. The molecule has 6 heteroatoms. The number of methoxy groups -OCH3 is 1. The summed E-state index contributed by atoms with van der Waals surface area (Å²) in [5, 5.41) is 20.0. The Bertz CT molecular complexity index is 1110. The lowest BCUT2D eigenvalue weighted by atomic mass is 9.94. The van der Waals surface area contributed by atoms with E-state index in [0.717, 1.165) is 66.4 Å². The van der Waals surface area contributed by atoms with Crippen molar-refractivity contribution in [3.63, 3.8) is 0 Å². The molecule has 0 spiro atoms. The van der Waals surface area contributed by atoms with Gasteiger partial charge in [-0.15, -0.1) is 0 Å². The molecular formula is C28H36ClNO4. The molecular weight excluding hydrogens is 450 g/mol. The summed E-state index contributed by atoms with van der Waals surface area (Å²) in [5.41, 5.74) is 4.00. The number of hydrogen-bond acceptors (Lipinski definition) is 4. The van der Waals surface area contributed by atoms with Gasteiger partial charge in [-0.25, -0.2) is 0 Å². The number of unbranched alkanes of at least 4 members (excludes halogenated alkanes) is 3. The Balaban J connectivity index is 1.67. The van der Waals surface area contributed by atoms with Gasteiger partial charge in [0.05, 0.1) is 7.11 Å². The average molecular weight is 486 g/mol. The first-order valence-electron chi connectivity index (χ1n) is 12.1. The van der Waals surface area contributed by atoms with Crippen molar-refractivity contribution < 1.29 is 19.7 Å². The summed E-state index contributed by atoms with van der Waals surface area (Å²) in [6.45, 7) is 1.87. The molecule has 5 nitrogen and oxygen atoms in total. The van der Waals surface area contributed by atoms with Crippen LogP contribution in [0.1, 0.15) is 67.1 Å². The van der Waals surface area contributed by atoms with Gasteiger partial charge in [-0.3, -0.25) is 4.79 Å². The first-order chi connectivity index (χ1) is 16.3. The van der Waals surface area contributed by atoms with Crippen LogP contribution in [-0.2, 0) is 19.9 Å². The highest BCUT2D eigenvalue weighted by Crippen LogP contribution is 2.31. The zero-order valence-corrected chi connectivity index (χ0v) is 21.1. The monoisotopic (exact) mass is 485 g/mol. The lowest BCUT2D eigenvalue weighted by Crippen LogP contribution is -2.15. The maximum atomic E-state index is 13.3. The number of para-hydroxylation sites is 1. The minimum absolute atomic E-state index is 0.0344. The average Bonchev–Trinajstić information content (AvgIpc) is 3.06. The number of nitrogens with zero attached hydrogens (tertiary/aromatic N) is 1. The maximum Gasteiger partial charge on any atom is 0.165 e. The molecule has 0 saturated heterocycles. The molecule has 2 N–H and O–H groups in total. The van der Waals surface area contributed by atoms with E-state index in [0.29, 0.717) is 5.02 Å². The van der Waals surface area contributed by atoms with Crippen molar-refractivity contribution in [3.05, 3.63) is 64.3 Å². The second-order valence-corrected chi connectivity index (χ2v) is 9.65. The van der Waals surface area contributed by atoms with Gasteiger partial charge in [0.2, 0.25) is 0 Å². The molecule has 3 aromatic rings. The van der Waals surface area contributed by atoms with Crippen LogP contribution in [0.4, 0.5) is 0 Å². The zero-order valence-electron chi connectivity index (χ0n) is 20.4. The fourth-order valence-electron chi connectivity index (χ4n) is 4.81. The van der Waals surface area contributed by atoms with Gasteiger partial charge >= 0.3 is 0 Å². The number of benzene rings is 2. The minimum Gasteiger partial charge on any atom is -0.496 e. The van der Waals surface area contributed by atoms with E-state index < -0.39 is 6.29 Å². The van der Waals surface area contributed by atoms with Gasteiger partial charge in [-0.1, -0.05) is 49.6 Å². The molecule has 0 unspecified atom stereocenters. The normalized spacial score (nSPS) is 12.4. The number of aryl methyl sites for hydroxylation is 2. The molecule has 0 amide bonds. The van der Waals surface area contributed by atoms with Crippen LogP contribution in [0.5, 0.6) is 5.75 Å². The Morgan fingerprint density at radius 3 is 2.47 bits per heavy atom. The molecule has 0 aliphatic carbocycles. The number of ether oxygens (including phenoxy) is 1. The molecule has 2 aromatic carbocycles. The van der Waals surface area contributed by atoms with Gasteiger partial charge in [0, 0.05) is 47.1 Å². The molecule has 1 heterocycles.